The van der Waals surface area contributed by atoms with Crippen LogP contribution in [0.1, 0.15) is 52.4 Å². The van der Waals surface area contributed by atoms with E-state index in [1.165, 1.54) is 38.5 Å². The molecule has 0 spiro atoms. The SMILES string of the molecule is CCCNC(C)CCCOCCC1CC1. The van der Waals surface area contributed by atoms with E-state index in [0.29, 0.717) is 6.04 Å². The van der Waals surface area contributed by atoms with Gasteiger partial charge in [0.25, 0.3) is 0 Å². The Hall–Kier alpha value is -0.0800. The lowest BCUT2D eigenvalue weighted by Gasteiger charge is -2.12. The van der Waals surface area contributed by atoms with Crippen molar-refractivity contribution in [2.45, 2.75) is 58.4 Å². The third-order valence-electron chi connectivity index (χ3n) is 3.04. The van der Waals surface area contributed by atoms with Gasteiger partial charge < -0.3 is 10.1 Å². The van der Waals surface area contributed by atoms with Gasteiger partial charge >= 0.3 is 0 Å². The summed E-state index contributed by atoms with van der Waals surface area (Å²) < 4.78 is 5.61. The summed E-state index contributed by atoms with van der Waals surface area (Å²) in [7, 11) is 0. The standard InChI is InChI=1S/C13H27NO/c1-3-9-14-12(2)5-4-10-15-11-8-13-6-7-13/h12-14H,3-11H2,1-2H3. The third kappa shape index (κ3) is 7.80. The van der Waals surface area contributed by atoms with E-state index in [1.54, 1.807) is 0 Å². The third-order valence-corrected chi connectivity index (χ3v) is 3.04. The van der Waals surface area contributed by atoms with Gasteiger partial charge in [-0.2, -0.15) is 0 Å². The largest absolute Gasteiger partial charge is 0.381 e. The topological polar surface area (TPSA) is 21.3 Å². The van der Waals surface area contributed by atoms with E-state index >= 15 is 0 Å². The van der Waals surface area contributed by atoms with Crippen molar-refractivity contribution < 1.29 is 4.74 Å². The van der Waals surface area contributed by atoms with Crippen LogP contribution >= 0.6 is 0 Å². The van der Waals surface area contributed by atoms with E-state index in [9.17, 15) is 0 Å². The molecule has 2 nitrogen and oxygen atoms in total. The average Bonchev–Trinajstić information content (AvgIpc) is 3.04. The predicted octanol–water partition coefficient (Wildman–Crippen LogP) is 2.97. The first-order valence-electron chi connectivity index (χ1n) is 6.64. The molecule has 0 aromatic heterocycles. The molecule has 0 aliphatic heterocycles. The molecule has 1 saturated carbocycles. The number of hydrogen-bond acceptors (Lipinski definition) is 2. The first-order chi connectivity index (χ1) is 7.33. The van der Waals surface area contributed by atoms with Crippen LogP contribution in [0.4, 0.5) is 0 Å². The van der Waals surface area contributed by atoms with Crippen molar-refractivity contribution in [1.82, 2.24) is 5.32 Å². The highest BCUT2D eigenvalue weighted by Crippen LogP contribution is 2.32. The molecule has 1 rings (SSSR count). The van der Waals surface area contributed by atoms with Crippen LogP contribution in [0.2, 0.25) is 0 Å². The average molecular weight is 213 g/mol. The highest BCUT2D eigenvalue weighted by molar-refractivity contribution is 4.72. The van der Waals surface area contributed by atoms with Crippen molar-refractivity contribution in [2.75, 3.05) is 19.8 Å². The normalized spacial score (nSPS) is 18.0. The van der Waals surface area contributed by atoms with E-state index in [2.05, 4.69) is 19.2 Å². The first-order valence-corrected chi connectivity index (χ1v) is 6.64. The lowest BCUT2D eigenvalue weighted by Crippen LogP contribution is -2.26. The molecular weight excluding hydrogens is 186 g/mol. The van der Waals surface area contributed by atoms with Gasteiger partial charge in [0.2, 0.25) is 0 Å². The molecule has 1 atom stereocenters. The molecule has 1 aliphatic rings. The Labute approximate surface area is 94.8 Å². The van der Waals surface area contributed by atoms with Gasteiger partial charge in [-0.3, -0.25) is 0 Å². The van der Waals surface area contributed by atoms with Crippen molar-refractivity contribution in [3.05, 3.63) is 0 Å². The van der Waals surface area contributed by atoms with Crippen LogP contribution in [0.5, 0.6) is 0 Å². The molecule has 1 fully saturated rings. The summed E-state index contributed by atoms with van der Waals surface area (Å²) in [5, 5.41) is 3.50. The maximum absolute atomic E-state index is 5.61. The zero-order valence-electron chi connectivity index (χ0n) is 10.4. The fourth-order valence-electron chi connectivity index (χ4n) is 1.74. The fourth-order valence-corrected chi connectivity index (χ4v) is 1.74. The zero-order chi connectivity index (χ0) is 10.9. The number of rotatable bonds is 10. The summed E-state index contributed by atoms with van der Waals surface area (Å²) in [6.07, 6.45) is 7.85. The Bertz CT molecular complexity index is 145. The minimum Gasteiger partial charge on any atom is -0.381 e. The second-order valence-electron chi connectivity index (χ2n) is 4.84. The lowest BCUT2D eigenvalue weighted by molar-refractivity contribution is 0.123. The number of nitrogens with one attached hydrogen (secondary N) is 1. The van der Waals surface area contributed by atoms with Gasteiger partial charge in [-0.25, -0.2) is 0 Å². The van der Waals surface area contributed by atoms with Crippen molar-refractivity contribution in [1.29, 1.82) is 0 Å². The molecule has 0 aromatic rings. The van der Waals surface area contributed by atoms with Gasteiger partial charge in [-0.05, 0) is 45.1 Å². The van der Waals surface area contributed by atoms with E-state index in [0.717, 1.165) is 25.7 Å². The summed E-state index contributed by atoms with van der Waals surface area (Å²) in [5.41, 5.74) is 0. The van der Waals surface area contributed by atoms with Crippen LogP contribution < -0.4 is 5.32 Å². The monoisotopic (exact) mass is 213 g/mol. The second kappa shape index (κ2) is 8.12. The Balaban J connectivity index is 1.74. The molecule has 90 valence electrons. The van der Waals surface area contributed by atoms with Crippen LogP contribution in [-0.4, -0.2) is 25.8 Å². The number of hydrogen-bond donors (Lipinski definition) is 1. The Morgan fingerprint density at radius 3 is 2.80 bits per heavy atom. The van der Waals surface area contributed by atoms with E-state index in [-0.39, 0.29) is 0 Å². The van der Waals surface area contributed by atoms with Crippen molar-refractivity contribution >= 4 is 0 Å². The summed E-state index contributed by atoms with van der Waals surface area (Å²) in [4.78, 5) is 0. The molecule has 0 amide bonds. The molecule has 1 N–H and O–H groups in total. The summed E-state index contributed by atoms with van der Waals surface area (Å²) in [6.45, 7) is 7.55. The van der Waals surface area contributed by atoms with Crippen molar-refractivity contribution in [3.8, 4) is 0 Å². The van der Waals surface area contributed by atoms with Crippen LogP contribution in [0.3, 0.4) is 0 Å². The van der Waals surface area contributed by atoms with Crippen LogP contribution in [0.25, 0.3) is 0 Å². The van der Waals surface area contributed by atoms with Crippen molar-refractivity contribution in [3.63, 3.8) is 0 Å². The summed E-state index contributed by atoms with van der Waals surface area (Å²) >= 11 is 0. The molecule has 2 heteroatoms. The highest BCUT2D eigenvalue weighted by Gasteiger charge is 2.20. The maximum atomic E-state index is 5.61. The molecule has 0 radical (unpaired) electrons. The van der Waals surface area contributed by atoms with Gasteiger partial charge in [0, 0.05) is 19.3 Å². The Morgan fingerprint density at radius 1 is 1.33 bits per heavy atom. The smallest absolute Gasteiger partial charge is 0.0468 e. The predicted molar refractivity (Wildman–Crippen MR) is 65.1 cm³/mol. The van der Waals surface area contributed by atoms with Gasteiger partial charge in [-0.1, -0.05) is 19.8 Å². The molecule has 0 bridgehead atoms. The van der Waals surface area contributed by atoms with Crippen LogP contribution in [0, 0.1) is 5.92 Å². The van der Waals surface area contributed by atoms with E-state index in [1.807, 2.05) is 0 Å². The van der Waals surface area contributed by atoms with Gasteiger partial charge in [0.05, 0.1) is 0 Å². The van der Waals surface area contributed by atoms with Crippen LogP contribution in [-0.2, 0) is 4.74 Å². The molecule has 1 unspecified atom stereocenters. The minimum atomic E-state index is 0.650. The van der Waals surface area contributed by atoms with Gasteiger partial charge in [0.15, 0.2) is 0 Å². The first kappa shape index (κ1) is 13.0. The molecular formula is C13H27NO. The Morgan fingerprint density at radius 2 is 2.13 bits per heavy atom. The van der Waals surface area contributed by atoms with E-state index in [4.69, 9.17) is 4.74 Å². The summed E-state index contributed by atoms with van der Waals surface area (Å²) in [5.74, 6) is 1.01. The second-order valence-corrected chi connectivity index (χ2v) is 4.84. The number of ether oxygens (including phenoxy) is 1. The minimum absolute atomic E-state index is 0.650. The molecule has 0 aromatic carbocycles. The zero-order valence-corrected chi connectivity index (χ0v) is 10.4. The van der Waals surface area contributed by atoms with Crippen LogP contribution in [0.15, 0.2) is 0 Å². The highest BCUT2D eigenvalue weighted by atomic mass is 16.5. The maximum Gasteiger partial charge on any atom is 0.0468 e. The van der Waals surface area contributed by atoms with Gasteiger partial charge in [0.1, 0.15) is 0 Å². The molecule has 0 saturated heterocycles. The molecule has 0 heterocycles. The molecule has 1 aliphatic carbocycles. The van der Waals surface area contributed by atoms with Crippen molar-refractivity contribution in [2.24, 2.45) is 5.92 Å². The van der Waals surface area contributed by atoms with Gasteiger partial charge in [-0.15, -0.1) is 0 Å². The Kier molecular flexibility index (Phi) is 7.03. The quantitative estimate of drug-likeness (QED) is 0.563. The molecule has 15 heavy (non-hydrogen) atoms. The fraction of sp³-hybridized carbons (Fsp3) is 1.00. The lowest BCUT2D eigenvalue weighted by atomic mass is 10.2. The van der Waals surface area contributed by atoms with E-state index < -0.39 is 0 Å². The summed E-state index contributed by atoms with van der Waals surface area (Å²) in [6, 6.07) is 0.650.